The number of rotatable bonds is 7. The Morgan fingerprint density at radius 2 is 2.00 bits per heavy atom. The van der Waals surface area contributed by atoms with Crippen molar-refractivity contribution >= 4 is 38.3 Å². The molecule has 0 aliphatic rings. The Labute approximate surface area is 179 Å². The maximum Gasteiger partial charge on any atom is 0.253 e. The Bertz CT molecular complexity index is 1320. The Morgan fingerprint density at radius 1 is 1.29 bits per heavy atom. The number of pyridine rings is 1. The van der Waals surface area contributed by atoms with Crippen LogP contribution in [0.25, 0.3) is 11.0 Å². The van der Waals surface area contributed by atoms with Crippen LogP contribution >= 0.6 is 0 Å². The van der Waals surface area contributed by atoms with E-state index in [1.807, 2.05) is 13.8 Å². The van der Waals surface area contributed by atoms with Gasteiger partial charge in [0, 0.05) is 36.2 Å². The summed E-state index contributed by atoms with van der Waals surface area (Å²) in [7, 11) is -0.297. The third kappa shape index (κ3) is 4.88. The number of amides is 1. The van der Waals surface area contributed by atoms with E-state index in [1.54, 1.807) is 17.8 Å². The van der Waals surface area contributed by atoms with Gasteiger partial charge in [-0.15, -0.1) is 0 Å². The van der Waals surface area contributed by atoms with Crippen molar-refractivity contribution in [2.45, 2.75) is 26.7 Å². The molecule has 0 bridgehead atoms. The molecule has 166 valence electrons. The Kier molecular flexibility index (Phi) is 6.07. The second-order valence-corrected chi connectivity index (χ2v) is 9.08. The molecule has 0 fully saturated rings. The average Bonchev–Trinajstić information content (AvgIpc) is 2.95. The summed E-state index contributed by atoms with van der Waals surface area (Å²) < 4.78 is 32.1. The number of H-pyrrole nitrogens is 1. The van der Waals surface area contributed by atoms with Crippen molar-refractivity contribution in [3.63, 3.8) is 0 Å². The summed E-state index contributed by atoms with van der Waals surface area (Å²) in [6, 6.07) is 4.59. The number of ether oxygens (including phenoxy) is 1. The summed E-state index contributed by atoms with van der Waals surface area (Å²) in [6.45, 7) is 3.73. The number of aryl methyl sites for hydroxylation is 3. The van der Waals surface area contributed by atoms with Crippen molar-refractivity contribution in [3.8, 4) is 5.75 Å². The average molecular weight is 448 g/mol. The molecule has 0 radical (unpaired) electrons. The maximum absolute atomic E-state index is 12.5. The van der Waals surface area contributed by atoms with Gasteiger partial charge in [-0.1, -0.05) is 0 Å². The zero-order valence-electron chi connectivity index (χ0n) is 18.0. The highest BCUT2D eigenvalue weighted by atomic mass is 32.2. The molecule has 0 saturated heterocycles. The molecule has 31 heavy (non-hydrogen) atoms. The lowest BCUT2D eigenvalue weighted by Gasteiger charge is -2.12. The van der Waals surface area contributed by atoms with Gasteiger partial charge in [-0.05, 0) is 38.0 Å². The van der Waals surface area contributed by atoms with Crippen LogP contribution in [-0.2, 0) is 28.3 Å². The van der Waals surface area contributed by atoms with Crippen LogP contribution in [0.5, 0.6) is 5.75 Å². The zero-order valence-corrected chi connectivity index (χ0v) is 18.8. The summed E-state index contributed by atoms with van der Waals surface area (Å²) in [6.07, 6.45) is 1.40. The third-order valence-corrected chi connectivity index (χ3v) is 5.53. The molecular weight excluding hydrogens is 422 g/mol. The summed E-state index contributed by atoms with van der Waals surface area (Å²) in [5.41, 5.74) is 3.31. The molecule has 11 heteroatoms. The van der Waals surface area contributed by atoms with Gasteiger partial charge in [-0.3, -0.25) is 19.0 Å². The fourth-order valence-electron chi connectivity index (χ4n) is 3.57. The zero-order chi connectivity index (χ0) is 22.9. The predicted octanol–water partition coefficient (Wildman–Crippen LogP) is 1.83. The van der Waals surface area contributed by atoms with Crippen molar-refractivity contribution < 1.29 is 17.9 Å². The van der Waals surface area contributed by atoms with E-state index in [0.717, 1.165) is 22.9 Å². The minimum Gasteiger partial charge on any atom is -0.494 e. The van der Waals surface area contributed by atoms with Crippen LogP contribution in [0.3, 0.4) is 0 Å². The maximum atomic E-state index is 12.5. The van der Waals surface area contributed by atoms with Crippen molar-refractivity contribution in [1.82, 2.24) is 14.8 Å². The van der Waals surface area contributed by atoms with Crippen molar-refractivity contribution in [1.29, 1.82) is 0 Å². The first-order valence-electron chi connectivity index (χ1n) is 9.51. The molecule has 0 aliphatic heterocycles. The number of hydrogen-bond acceptors (Lipinski definition) is 6. The lowest BCUT2D eigenvalue weighted by atomic mass is 10.0. The number of methoxy groups -OCH3 is 1. The number of hydrogen-bond donors (Lipinski definition) is 3. The number of fused-ring (bicyclic) bond motifs is 1. The molecule has 10 nitrogen and oxygen atoms in total. The van der Waals surface area contributed by atoms with E-state index in [2.05, 4.69) is 20.1 Å². The molecule has 0 spiro atoms. The van der Waals surface area contributed by atoms with Crippen LogP contribution in [0.4, 0.5) is 11.4 Å². The minimum atomic E-state index is -3.47. The largest absolute Gasteiger partial charge is 0.494 e. The van der Waals surface area contributed by atoms with Gasteiger partial charge in [-0.25, -0.2) is 8.42 Å². The van der Waals surface area contributed by atoms with E-state index >= 15 is 0 Å². The van der Waals surface area contributed by atoms with Crippen LogP contribution in [-0.4, -0.2) is 42.5 Å². The molecule has 2 heterocycles. The van der Waals surface area contributed by atoms with Crippen molar-refractivity contribution in [2.75, 3.05) is 23.4 Å². The summed E-state index contributed by atoms with van der Waals surface area (Å²) >= 11 is 0. The monoisotopic (exact) mass is 447 g/mol. The molecule has 0 unspecified atom stereocenters. The highest BCUT2D eigenvalue weighted by Gasteiger charge is 2.16. The van der Waals surface area contributed by atoms with E-state index < -0.39 is 10.0 Å². The number of carbonyl (C=O) groups is 1. The highest BCUT2D eigenvalue weighted by molar-refractivity contribution is 7.92. The second-order valence-electron chi connectivity index (χ2n) is 7.33. The first-order chi connectivity index (χ1) is 14.5. The van der Waals surface area contributed by atoms with Crippen LogP contribution < -0.4 is 20.3 Å². The SMILES string of the molecule is COc1cc(NC(=O)CCc2c(C)c3c(C)nn(C)c3[nH]c2=O)ccc1NS(C)(=O)=O. The molecule has 3 N–H and O–H groups in total. The number of anilines is 2. The fourth-order valence-corrected chi connectivity index (χ4v) is 4.14. The number of nitrogens with zero attached hydrogens (tertiary/aromatic N) is 2. The summed E-state index contributed by atoms with van der Waals surface area (Å²) in [5.74, 6) is -0.0132. The first-order valence-corrected chi connectivity index (χ1v) is 11.4. The molecule has 1 amide bonds. The number of nitrogens with one attached hydrogen (secondary N) is 3. The number of benzene rings is 1. The van der Waals surface area contributed by atoms with E-state index in [9.17, 15) is 18.0 Å². The van der Waals surface area contributed by atoms with E-state index in [4.69, 9.17) is 4.74 Å². The predicted molar refractivity (Wildman–Crippen MR) is 119 cm³/mol. The molecule has 0 aliphatic carbocycles. The lowest BCUT2D eigenvalue weighted by Crippen LogP contribution is -2.19. The van der Waals surface area contributed by atoms with E-state index in [1.165, 1.54) is 19.2 Å². The molecule has 1 aromatic carbocycles. The van der Waals surface area contributed by atoms with Crippen LogP contribution in [0.1, 0.15) is 23.2 Å². The van der Waals surface area contributed by atoms with Crippen molar-refractivity contribution in [3.05, 3.63) is 45.4 Å². The van der Waals surface area contributed by atoms with Gasteiger partial charge in [0.2, 0.25) is 15.9 Å². The smallest absolute Gasteiger partial charge is 0.253 e. The molecule has 2 aromatic heterocycles. The van der Waals surface area contributed by atoms with Gasteiger partial charge in [0.1, 0.15) is 11.4 Å². The molecule has 0 atom stereocenters. The number of aromatic nitrogens is 3. The second kappa shape index (κ2) is 8.42. The molecule has 3 aromatic rings. The minimum absolute atomic E-state index is 0.0976. The standard InChI is InChI=1S/C20H25N5O5S/c1-11-14(20(27)22-19-18(11)12(2)23-25(19)3)7-9-17(26)21-13-6-8-15(16(10-13)30-4)24-31(5,28)29/h6,8,10,24H,7,9H2,1-5H3,(H,21,26)(H,22,27). The van der Waals surface area contributed by atoms with Crippen molar-refractivity contribution in [2.24, 2.45) is 7.05 Å². The normalized spacial score (nSPS) is 11.5. The Balaban J connectivity index is 1.75. The number of sulfonamides is 1. The van der Waals surface area contributed by atoms with Crippen LogP contribution in [0, 0.1) is 13.8 Å². The molecule has 3 rings (SSSR count). The quantitative estimate of drug-likeness (QED) is 0.506. The van der Waals surface area contributed by atoms with Gasteiger partial charge in [-0.2, -0.15) is 5.10 Å². The Hall–Kier alpha value is -3.34. The van der Waals surface area contributed by atoms with E-state index in [0.29, 0.717) is 16.9 Å². The third-order valence-electron chi connectivity index (χ3n) is 4.94. The number of carbonyl (C=O) groups excluding carboxylic acids is 1. The van der Waals surface area contributed by atoms with Gasteiger partial charge in [0.25, 0.3) is 5.56 Å². The summed E-state index contributed by atoms with van der Waals surface area (Å²) in [5, 5.41) is 7.97. The summed E-state index contributed by atoms with van der Waals surface area (Å²) in [4.78, 5) is 27.8. The van der Waals surface area contributed by atoms with Gasteiger partial charge < -0.3 is 15.0 Å². The topological polar surface area (TPSA) is 135 Å². The van der Waals surface area contributed by atoms with Gasteiger partial charge in [0.05, 0.1) is 24.7 Å². The fraction of sp³-hybridized carbons (Fsp3) is 0.350. The van der Waals surface area contributed by atoms with Gasteiger partial charge >= 0.3 is 0 Å². The van der Waals surface area contributed by atoms with Crippen LogP contribution in [0.15, 0.2) is 23.0 Å². The van der Waals surface area contributed by atoms with Gasteiger partial charge in [0.15, 0.2) is 0 Å². The first kappa shape index (κ1) is 22.3. The van der Waals surface area contributed by atoms with E-state index in [-0.39, 0.29) is 35.7 Å². The Morgan fingerprint density at radius 3 is 2.65 bits per heavy atom. The highest BCUT2D eigenvalue weighted by Crippen LogP contribution is 2.29. The molecular formula is C20H25N5O5S. The molecule has 0 saturated carbocycles. The van der Waals surface area contributed by atoms with Crippen LogP contribution in [0.2, 0.25) is 0 Å². The lowest BCUT2D eigenvalue weighted by molar-refractivity contribution is -0.116. The number of aromatic amines is 1.